The Balaban J connectivity index is 2.10. The van der Waals surface area contributed by atoms with Crippen LogP contribution in [0.1, 0.15) is 23.7 Å². The molecule has 17 heavy (non-hydrogen) atoms. The summed E-state index contributed by atoms with van der Waals surface area (Å²) >= 11 is 0. The molecule has 0 amide bonds. The van der Waals surface area contributed by atoms with E-state index in [1.54, 1.807) is 18.2 Å². The lowest BCUT2D eigenvalue weighted by Crippen LogP contribution is -2.24. The van der Waals surface area contributed by atoms with E-state index in [9.17, 15) is 4.79 Å². The number of hydrogen-bond acceptors (Lipinski definition) is 3. The van der Waals surface area contributed by atoms with Crippen molar-refractivity contribution in [1.29, 1.82) is 0 Å². The Morgan fingerprint density at radius 2 is 2.24 bits per heavy atom. The van der Waals surface area contributed by atoms with Crippen molar-refractivity contribution in [1.82, 2.24) is 0 Å². The Labute approximate surface area is 101 Å². The van der Waals surface area contributed by atoms with Gasteiger partial charge in [-0.15, -0.1) is 6.58 Å². The Kier molecular flexibility index (Phi) is 3.41. The van der Waals surface area contributed by atoms with E-state index in [0.29, 0.717) is 18.6 Å². The predicted octanol–water partition coefficient (Wildman–Crippen LogP) is 2.58. The van der Waals surface area contributed by atoms with Crippen LogP contribution in [0.4, 0.5) is 0 Å². The van der Waals surface area contributed by atoms with Gasteiger partial charge in [0.2, 0.25) is 5.79 Å². The van der Waals surface area contributed by atoms with E-state index in [1.165, 1.54) is 0 Å². The summed E-state index contributed by atoms with van der Waals surface area (Å²) in [6.07, 6.45) is 1.75. The summed E-state index contributed by atoms with van der Waals surface area (Å²) in [6, 6.07) is 9.13. The number of carbonyl (C=O) groups is 1. The van der Waals surface area contributed by atoms with Crippen molar-refractivity contribution in [3.8, 4) is 0 Å². The molecule has 1 aromatic rings. The first kappa shape index (κ1) is 12.0. The highest BCUT2D eigenvalue weighted by atomic mass is 16.8. The molecular weight excluding hydrogens is 216 g/mol. The second-order valence-electron chi connectivity index (χ2n) is 3.97. The SMILES string of the molecule is C=CCC1(OCC)OC1C(=O)c1ccccc1. The Hall–Kier alpha value is -1.45. The van der Waals surface area contributed by atoms with Crippen LogP contribution in [-0.2, 0) is 9.47 Å². The van der Waals surface area contributed by atoms with Crippen molar-refractivity contribution in [2.75, 3.05) is 6.61 Å². The molecular formula is C14H16O3. The molecule has 1 aliphatic heterocycles. The van der Waals surface area contributed by atoms with Gasteiger partial charge in [0.15, 0.2) is 11.9 Å². The fourth-order valence-electron chi connectivity index (χ4n) is 1.94. The second-order valence-corrected chi connectivity index (χ2v) is 3.97. The third kappa shape index (κ3) is 2.30. The van der Waals surface area contributed by atoms with E-state index in [1.807, 2.05) is 25.1 Å². The normalized spacial score (nSPS) is 26.5. The van der Waals surface area contributed by atoms with Crippen LogP contribution < -0.4 is 0 Å². The quantitative estimate of drug-likeness (QED) is 0.430. The molecule has 2 unspecified atom stereocenters. The lowest BCUT2D eigenvalue weighted by atomic mass is 10.0. The van der Waals surface area contributed by atoms with Gasteiger partial charge in [-0.2, -0.15) is 0 Å². The fraction of sp³-hybridized carbons (Fsp3) is 0.357. The van der Waals surface area contributed by atoms with Gasteiger partial charge in [-0.1, -0.05) is 36.4 Å². The van der Waals surface area contributed by atoms with Crippen LogP contribution in [0.3, 0.4) is 0 Å². The van der Waals surface area contributed by atoms with Gasteiger partial charge in [0, 0.05) is 18.6 Å². The highest BCUT2D eigenvalue weighted by molar-refractivity contribution is 6.01. The third-order valence-electron chi connectivity index (χ3n) is 2.77. The number of hydrogen-bond donors (Lipinski definition) is 0. The maximum atomic E-state index is 12.1. The molecule has 90 valence electrons. The highest BCUT2D eigenvalue weighted by Gasteiger charge is 2.61. The Morgan fingerprint density at radius 1 is 1.53 bits per heavy atom. The first-order chi connectivity index (χ1) is 8.23. The van der Waals surface area contributed by atoms with Crippen LogP contribution in [0.15, 0.2) is 43.0 Å². The van der Waals surface area contributed by atoms with Gasteiger partial charge < -0.3 is 9.47 Å². The molecule has 0 N–H and O–H groups in total. The first-order valence-electron chi connectivity index (χ1n) is 5.75. The van der Waals surface area contributed by atoms with Gasteiger partial charge in [-0.25, -0.2) is 0 Å². The van der Waals surface area contributed by atoms with E-state index in [2.05, 4.69) is 6.58 Å². The van der Waals surface area contributed by atoms with Crippen LogP contribution in [0, 0.1) is 0 Å². The van der Waals surface area contributed by atoms with E-state index in [-0.39, 0.29) is 5.78 Å². The Bertz CT molecular complexity index is 413. The smallest absolute Gasteiger partial charge is 0.207 e. The van der Waals surface area contributed by atoms with Crippen molar-refractivity contribution >= 4 is 5.78 Å². The fourth-order valence-corrected chi connectivity index (χ4v) is 1.94. The molecule has 0 saturated carbocycles. The molecule has 0 bridgehead atoms. The minimum atomic E-state index is -0.774. The Morgan fingerprint density at radius 3 is 2.82 bits per heavy atom. The molecule has 1 saturated heterocycles. The van der Waals surface area contributed by atoms with Gasteiger partial charge in [-0.3, -0.25) is 4.79 Å². The van der Waals surface area contributed by atoms with Crippen molar-refractivity contribution in [2.24, 2.45) is 0 Å². The van der Waals surface area contributed by atoms with Crippen molar-refractivity contribution < 1.29 is 14.3 Å². The van der Waals surface area contributed by atoms with Crippen molar-refractivity contribution in [2.45, 2.75) is 25.2 Å². The maximum Gasteiger partial charge on any atom is 0.207 e. The second kappa shape index (κ2) is 4.82. The summed E-state index contributed by atoms with van der Waals surface area (Å²) in [5.74, 6) is -0.801. The van der Waals surface area contributed by atoms with Gasteiger partial charge >= 0.3 is 0 Å². The van der Waals surface area contributed by atoms with Gasteiger partial charge in [-0.05, 0) is 6.92 Å². The molecule has 0 radical (unpaired) electrons. The van der Waals surface area contributed by atoms with Gasteiger partial charge in [0.05, 0.1) is 0 Å². The lowest BCUT2D eigenvalue weighted by Gasteiger charge is -2.09. The summed E-state index contributed by atoms with van der Waals surface area (Å²) in [5, 5.41) is 0. The summed E-state index contributed by atoms with van der Waals surface area (Å²) < 4.78 is 11.0. The average Bonchev–Trinajstić information content (AvgIpc) is 3.04. The summed E-state index contributed by atoms with van der Waals surface area (Å²) in [5.41, 5.74) is 0.656. The predicted molar refractivity (Wildman–Crippen MR) is 64.8 cm³/mol. The molecule has 0 aromatic heterocycles. The number of carbonyl (C=O) groups excluding carboxylic acids is 1. The number of benzene rings is 1. The summed E-state index contributed by atoms with van der Waals surface area (Å²) in [7, 11) is 0. The number of ketones is 1. The molecule has 1 aliphatic rings. The molecule has 1 heterocycles. The lowest BCUT2D eigenvalue weighted by molar-refractivity contribution is -0.0347. The van der Waals surface area contributed by atoms with E-state index in [0.717, 1.165) is 0 Å². The topological polar surface area (TPSA) is 38.8 Å². The van der Waals surface area contributed by atoms with Crippen LogP contribution in [0.5, 0.6) is 0 Å². The third-order valence-corrected chi connectivity index (χ3v) is 2.77. The molecule has 2 atom stereocenters. The molecule has 3 heteroatoms. The molecule has 2 rings (SSSR count). The minimum Gasteiger partial charge on any atom is -0.347 e. The number of ether oxygens (including phenoxy) is 2. The zero-order valence-corrected chi connectivity index (χ0v) is 9.89. The zero-order valence-electron chi connectivity index (χ0n) is 9.89. The molecule has 0 spiro atoms. The largest absolute Gasteiger partial charge is 0.347 e. The minimum absolute atomic E-state index is 0.0269. The van der Waals surface area contributed by atoms with Gasteiger partial charge in [0.25, 0.3) is 0 Å². The number of epoxide rings is 1. The zero-order chi connectivity index (χ0) is 12.3. The standard InChI is InChI=1S/C14H16O3/c1-3-10-14(16-4-2)13(17-14)12(15)11-8-6-5-7-9-11/h3,5-9,13H,1,4,10H2,2H3. The average molecular weight is 232 g/mol. The summed E-state index contributed by atoms with van der Waals surface area (Å²) in [4.78, 5) is 12.1. The van der Waals surface area contributed by atoms with E-state index < -0.39 is 11.9 Å². The van der Waals surface area contributed by atoms with Crippen LogP contribution >= 0.6 is 0 Å². The molecule has 1 aromatic carbocycles. The number of rotatable bonds is 6. The van der Waals surface area contributed by atoms with E-state index >= 15 is 0 Å². The number of Topliss-reactive ketones (excluding diaryl/α,β-unsaturated/α-hetero) is 1. The van der Waals surface area contributed by atoms with Crippen LogP contribution in [0.2, 0.25) is 0 Å². The monoisotopic (exact) mass is 232 g/mol. The van der Waals surface area contributed by atoms with Crippen molar-refractivity contribution in [3.05, 3.63) is 48.6 Å². The molecule has 3 nitrogen and oxygen atoms in total. The van der Waals surface area contributed by atoms with Crippen LogP contribution in [0.25, 0.3) is 0 Å². The molecule has 1 fully saturated rings. The summed E-state index contributed by atoms with van der Waals surface area (Å²) in [6.45, 7) is 6.07. The molecule has 0 aliphatic carbocycles. The first-order valence-corrected chi connectivity index (χ1v) is 5.75. The van der Waals surface area contributed by atoms with Crippen LogP contribution in [-0.4, -0.2) is 24.3 Å². The van der Waals surface area contributed by atoms with E-state index in [4.69, 9.17) is 9.47 Å². The maximum absolute atomic E-state index is 12.1. The van der Waals surface area contributed by atoms with Gasteiger partial charge in [0.1, 0.15) is 0 Å². The highest BCUT2D eigenvalue weighted by Crippen LogP contribution is 2.43. The van der Waals surface area contributed by atoms with Crippen molar-refractivity contribution in [3.63, 3.8) is 0 Å².